The lowest BCUT2D eigenvalue weighted by Crippen LogP contribution is -2.43. The van der Waals surface area contributed by atoms with Crippen molar-refractivity contribution < 1.29 is 4.79 Å². The van der Waals surface area contributed by atoms with Crippen molar-refractivity contribution in [3.8, 4) is 0 Å². The molecule has 0 aromatic carbocycles. The van der Waals surface area contributed by atoms with Gasteiger partial charge in [-0.05, 0) is 40.3 Å². The van der Waals surface area contributed by atoms with Gasteiger partial charge in [-0.25, -0.2) is 0 Å². The van der Waals surface area contributed by atoms with Crippen LogP contribution in [0.2, 0.25) is 0 Å². The maximum absolute atomic E-state index is 12.1. The highest BCUT2D eigenvalue weighted by Crippen LogP contribution is 2.22. The Morgan fingerprint density at radius 3 is 2.69 bits per heavy atom. The van der Waals surface area contributed by atoms with Crippen molar-refractivity contribution in [3.63, 3.8) is 0 Å². The first kappa shape index (κ1) is 11.9. The number of hydrogen-bond donors (Lipinski definition) is 1. The van der Waals surface area contributed by atoms with Gasteiger partial charge < -0.3 is 15.1 Å². The molecule has 1 aliphatic carbocycles. The summed E-state index contributed by atoms with van der Waals surface area (Å²) in [5.74, 6) is 0.306. The van der Waals surface area contributed by atoms with Crippen molar-refractivity contribution in [1.29, 1.82) is 0 Å². The van der Waals surface area contributed by atoms with E-state index in [0.717, 1.165) is 19.5 Å². The zero-order chi connectivity index (χ0) is 11.7. The minimum Gasteiger partial charge on any atom is -0.340 e. The van der Waals surface area contributed by atoms with E-state index in [1.54, 1.807) is 0 Å². The van der Waals surface area contributed by atoms with Crippen LogP contribution < -0.4 is 5.32 Å². The standard InChI is InChI=1S/C12H23N3O/c1-9(14(2)3)8-15-7-6-11(12(15)16)13-10-4-5-10/h9-11,13H,4-8H2,1-3H3. The Morgan fingerprint density at radius 1 is 1.44 bits per heavy atom. The number of amides is 1. The van der Waals surface area contributed by atoms with Crippen LogP contribution in [0.5, 0.6) is 0 Å². The van der Waals surface area contributed by atoms with E-state index in [0.29, 0.717) is 18.0 Å². The lowest BCUT2D eigenvalue weighted by atomic mass is 10.2. The van der Waals surface area contributed by atoms with Crippen molar-refractivity contribution in [2.75, 3.05) is 27.2 Å². The number of carbonyl (C=O) groups is 1. The van der Waals surface area contributed by atoms with E-state index in [9.17, 15) is 4.79 Å². The molecule has 16 heavy (non-hydrogen) atoms. The molecule has 1 amide bonds. The fourth-order valence-corrected chi connectivity index (χ4v) is 2.09. The molecule has 1 heterocycles. The number of nitrogens with zero attached hydrogens (tertiary/aromatic N) is 2. The summed E-state index contributed by atoms with van der Waals surface area (Å²) in [5.41, 5.74) is 0. The van der Waals surface area contributed by atoms with Gasteiger partial charge in [0.25, 0.3) is 0 Å². The highest BCUT2D eigenvalue weighted by atomic mass is 16.2. The van der Waals surface area contributed by atoms with Gasteiger partial charge in [0.1, 0.15) is 0 Å². The number of likely N-dealkylation sites (N-methyl/N-ethyl adjacent to an activating group) is 1. The predicted molar refractivity (Wildman–Crippen MR) is 64.3 cm³/mol. The van der Waals surface area contributed by atoms with Gasteiger partial charge in [0.05, 0.1) is 6.04 Å². The second kappa shape index (κ2) is 4.72. The Hall–Kier alpha value is -0.610. The molecule has 4 nitrogen and oxygen atoms in total. The zero-order valence-electron chi connectivity index (χ0n) is 10.6. The minimum absolute atomic E-state index is 0.0989. The summed E-state index contributed by atoms with van der Waals surface area (Å²) in [4.78, 5) is 16.2. The molecular formula is C12H23N3O. The number of nitrogens with one attached hydrogen (secondary N) is 1. The van der Waals surface area contributed by atoms with Gasteiger partial charge in [0.2, 0.25) is 5.91 Å². The fraction of sp³-hybridized carbons (Fsp3) is 0.917. The molecule has 0 bridgehead atoms. The summed E-state index contributed by atoms with van der Waals surface area (Å²) in [6.07, 6.45) is 3.48. The summed E-state index contributed by atoms with van der Waals surface area (Å²) in [6, 6.07) is 1.16. The molecule has 4 heteroatoms. The normalized spacial score (nSPS) is 27.9. The van der Waals surface area contributed by atoms with Crippen LogP contribution in [0.4, 0.5) is 0 Å². The van der Waals surface area contributed by atoms with Crippen LogP contribution in [0, 0.1) is 0 Å². The molecule has 2 unspecified atom stereocenters. The van der Waals surface area contributed by atoms with E-state index < -0.39 is 0 Å². The van der Waals surface area contributed by atoms with E-state index in [1.165, 1.54) is 12.8 Å². The smallest absolute Gasteiger partial charge is 0.239 e. The van der Waals surface area contributed by atoms with Gasteiger partial charge in [-0.15, -0.1) is 0 Å². The van der Waals surface area contributed by atoms with Gasteiger partial charge in [-0.1, -0.05) is 0 Å². The Bertz CT molecular complexity index is 263. The molecule has 1 saturated carbocycles. The molecule has 92 valence electrons. The minimum atomic E-state index is 0.0989. The summed E-state index contributed by atoms with van der Waals surface area (Å²) in [7, 11) is 4.12. The van der Waals surface area contributed by atoms with E-state index >= 15 is 0 Å². The van der Waals surface area contributed by atoms with E-state index in [4.69, 9.17) is 0 Å². The molecule has 2 aliphatic rings. The second-order valence-electron chi connectivity index (χ2n) is 5.38. The Balaban J connectivity index is 1.81. The molecule has 0 spiro atoms. The molecule has 0 radical (unpaired) electrons. The summed E-state index contributed by atoms with van der Waals surface area (Å²) < 4.78 is 0. The van der Waals surface area contributed by atoms with E-state index in [-0.39, 0.29) is 6.04 Å². The van der Waals surface area contributed by atoms with Crippen LogP contribution in [-0.2, 0) is 4.79 Å². The van der Waals surface area contributed by atoms with E-state index in [2.05, 4.69) is 31.2 Å². The molecular weight excluding hydrogens is 202 g/mol. The lowest BCUT2D eigenvalue weighted by Gasteiger charge is -2.26. The first-order valence-corrected chi connectivity index (χ1v) is 6.29. The fourth-order valence-electron chi connectivity index (χ4n) is 2.09. The summed E-state index contributed by atoms with van der Waals surface area (Å²) in [5, 5.41) is 3.43. The average molecular weight is 225 g/mol. The second-order valence-corrected chi connectivity index (χ2v) is 5.38. The SMILES string of the molecule is CC(CN1CCC(NC2CC2)C1=O)N(C)C. The van der Waals surface area contributed by atoms with Gasteiger partial charge in [-0.2, -0.15) is 0 Å². The van der Waals surface area contributed by atoms with Crippen LogP contribution >= 0.6 is 0 Å². The first-order valence-electron chi connectivity index (χ1n) is 6.29. The van der Waals surface area contributed by atoms with Gasteiger partial charge in [0.15, 0.2) is 0 Å². The molecule has 2 fully saturated rings. The number of rotatable bonds is 5. The first-order chi connectivity index (χ1) is 7.58. The van der Waals surface area contributed by atoms with Crippen LogP contribution in [-0.4, -0.2) is 61.0 Å². The maximum Gasteiger partial charge on any atom is 0.239 e. The molecule has 2 rings (SSSR count). The highest BCUT2D eigenvalue weighted by Gasteiger charge is 2.35. The third kappa shape index (κ3) is 2.74. The number of likely N-dealkylation sites (tertiary alicyclic amines) is 1. The van der Waals surface area contributed by atoms with Crippen LogP contribution in [0.15, 0.2) is 0 Å². The van der Waals surface area contributed by atoms with E-state index in [1.807, 2.05) is 4.90 Å². The van der Waals surface area contributed by atoms with Gasteiger partial charge in [-0.3, -0.25) is 4.79 Å². The lowest BCUT2D eigenvalue weighted by molar-refractivity contribution is -0.130. The van der Waals surface area contributed by atoms with Crippen LogP contribution in [0.25, 0.3) is 0 Å². The molecule has 1 N–H and O–H groups in total. The third-order valence-electron chi connectivity index (χ3n) is 3.68. The van der Waals surface area contributed by atoms with Crippen molar-refractivity contribution in [1.82, 2.24) is 15.1 Å². The maximum atomic E-state index is 12.1. The number of carbonyl (C=O) groups excluding carboxylic acids is 1. The zero-order valence-corrected chi connectivity index (χ0v) is 10.6. The topological polar surface area (TPSA) is 35.6 Å². The quantitative estimate of drug-likeness (QED) is 0.730. The van der Waals surface area contributed by atoms with Crippen molar-refractivity contribution in [2.45, 2.75) is 44.3 Å². The highest BCUT2D eigenvalue weighted by molar-refractivity contribution is 5.84. The van der Waals surface area contributed by atoms with Crippen molar-refractivity contribution in [3.05, 3.63) is 0 Å². The largest absolute Gasteiger partial charge is 0.340 e. The van der Waals surface area contributed by atoms with Crippen LogP contribution in [0.3, 0.4) is 0 Å². The summed E-state index contributed by atoms with van der Waals surface area (Å²) >= 11 is 0. The average Bonchev–Trinajstić information content (AvgIpc) is 2.98. The predicted octanol–water partition coefficient (Wildman–Crippen LogP) is 0.289. The molecule has 1 saturated heterocycles. The van der Waals surface area contributed by atoms with Crippen molar-refractivity contribution >= 4 is 5.91 Å². The Kier molecular flexibility index (Phi) is 3.50. The van der Waals surface area contributed by atoms with Crippen LogP contribution in [0.1, 0.15) is 26.2 Å². The molecule has 0 aromatic rings. The molecule has 0 aromatic heterocycles. The van der Waals surface area contributed by atoms with Crippen molar-refractivity contribution in [2.24, 2.45) is 0 Å². The monoisotopic (exact) mass is 225 g/mol. The van der Waals surface area contributed by atoms with Gasteiger partial charge in [0, 0.05) is 25.2 Å². The third-order valence-corrected chi connectivity index (χ3v) is 3.68. The Labute approximate surface area is 98.0 Å². The number of hydrogen-bond acceptors (Lipinski definition) is 3. The summed E-state index contributed by atoms with van der Waals surface area (Å²) in [6.45, 7) is 3.94. The molecule has 2 atom stereocenters. The van der Waals surface area contributed by atoms with Gasteiger partial charge >= 0.3 is 0 Å². The Morgan fingerprint density at radius 2 is 2.12 bits per heavy atom. The molecule has 1 aliphatic heterocycles.